The lowest BCUT2D eigenvalue weighted by molar-refractivity contribution is -0.138. The largest absolute Gasteiger partial charge is 0.416 e. The van der Waals surface area contributed by atoms with E-state index < -0.39 is 29.2 Å². The van der Waals surface area contributed by atoms with Crippen LogP contribution in [0, 0.1) is 0 Å². The Labute approximate surface area is 180 Å². The monoisotopic (exact) mass is 446 g/mol. The van der Waals surface area contributed by atoms with Crippen molar-refractivity contribution in [2.45, 2.75) is 24.3 Å². The van der Waals surface area contributed by atoms with Gasteiger partial charge >= 0.3 is 6.18 Å². The maximum atomic E-state index is 15.6. The molecule has 10 heteroatoms. The van der Waals surface area contributed by atoms with E-state index in [4.69, 9.17) is 4.74 Å². The fraction of sp³-hybridized carbons (Fsp3) is 0.318. The van der Waals surface area contributed by atoms with Crippen LogP contribution in [0.3, 0.4) is 0 Å². The first kappa shape index (κ1) is 20.6. The smallest absolute Gasteiger partial charge is 0.379 e. The third kappa shape index (κ3) is 3.01. The van der Waals surface area contributed by atoms with E-state index in [0.717, 1.165) is 6.07 Å². The number of aromatic nitrogens is 3. The van der Waals surface area contributed by atoms with Crippen molar-refractivity contribution >= 4 is 11.6 Å². The first-order valence-corrected chi connectivity index (χ1v) is 9.89. The minimum atomic E-state index is -4.56. The highest BCUT2D eigenvalue weighted by molar-refractivity contribution is 6.10. The molecule has 1 fully saturated rings. The zero-order valence-electron chi connectivity index (χ0n) is 16.9. The van der Waals surface area contributed by atoms with Gasteiger partial charge in [-0.25, -0.2) is 4.39 Å². The van der Waals surface area contributed by atoms with Crippen molar-refractivity contribution in [1.29, 1.82) is 0 Å². The number of amides is 1. The minimum absolute atomic E-state index is 0.0226. The van der Waals surface area contributed by atoms with E-state index in [1.807, 2.05) is 0 Å². The number of ether oxygens (including phenoxy) is 1. The van der Waals surface area contributed by atoms with E-state index in [0.29, 0.717) is 11.3 Å². The Bertz CT molecular complexity index is 1200. The first-order chi connectivity index (χ1) is 15.2. The van der Waals surface area contributed by atoms with Crippen molar-refractivity contribution in [3.05, 3.63) is 76.9 Å². The van der Waals surface area contributed by atoms with E-state index in [1.165, 1.54) is 27.9 Å². The molecule has 0 bridgehead atoms. The number of nitrogens with zero attached hydrogens (tertiary/aromatic N) is 4. The lowest BCUT2D eigenvalue weighted by atomic mass is 9.74. The fourth-order valence-electron chi connectivity index (χ4n) is 4.34. The van der Waals surface area contributed by atoms with Crippen molar-refractivity contribution in [1.82, 2.24) is 14.8 Å². The van der Waals surface area contributed by atoms with Crippen molar-refractivity contribution < 1.29 is 27.1 Å². The SMILES string of the molecule is Cn1cnnc1C(F)C1(c2cccc(N3Cc4c(cccc4C(F)(F)F)C3=O)c2)COC1. The zero-order valence-corrected chi connectivity index (χ0v) is 16.9. The van der Waals surface area contributed by atoms with E-state index >= 15 is 4.39 Å². The molecular weight excluding hydrogens is 428 g/mol. The molecule has 1 amide bonds. The number of alkyl halides is 4. The van der Waals surface area contributed by atoms with Crippen molar-refractivity contribution in [3.63, 3.8) is 0 Å². The van der Waals surface area contributed by atoms with Gasteiger partial charge in [0, 0.05) is 18.3 Å². The maximum absolute atomic E-state index is 15.6. The second-order valence-corrected chi connectivity index (χ2v) is 8.08. The summed E-state index contributed by atoms with van der Waals surface area (Å²) in [6.45, 7) is 0.00684. The van der Waals surface area contributed by atoms with Gasteiger partial charge in [0.05, 0.1) is 30.7 Å². The van der Waals surface area contributed by atoms with Gasteiger partial charge in [-0.3, -0.25) is 4.79 Å². The number of hydrogen-bond acceptors (Lipinski definition) is 4. The molecule has 1 aromatic heterocycles. The standard InChI is InChI=1S/C22H18F4N4O2/c1-29-12-27-28-19(29)18(23)21(10-32-11-21)13-4-2-5-14(8-13)30-9-16-15(20(30)31)6-3-7-17(16)22(24,25)26/h2-8,12,18H,9-11H2,1H3. The Balaban J connectivity index is 1.51. The van der Waals surface area contributed by atoms with Crippen LogP contribution < -0.4 is 4.90 Å². The maximum Gasteiger partial charge on any atom is 0.416 e. The molecule has 0 saturated carbocycles. The van der Waals surface area contributed by atoms with Crippen molar-refractivity contribution in [2.24, 2.45) is 7.05 Å². The second-order valence-electron chi connectivity index (χ2n) is 8.08. The summed E-state index contributed by atoms with van der Waals surface area (Å²) in [5, 5.41) is 7.61. The third-order valence-electron chi connectivity index (χ3n) is 6.18. The van der Waals surface area contributed by atoms with Gasteiger partial charge in [-0.05, 0) is 35.4 Å². The predicted molar refractivity (Wildman–Crippen MR) is 106 cm³/mol. The van der Waals surface area contributed by atoms with E-state index in [2.05, 4.69) is 10.2 Å². The molecule has 2 aromatic carbocycles. The average molecular weight is 446 g/mol. The lowest BCUT2D eigenvalue weighted by Gasteiger charge is -2.43. The van der Waals surface area contributed by atoms with Gasteiger partial charge in [0.25, 0.3) is 5.91 Å². The number of rotatable bonds is 4. The molecule has 0 spiro atoms. The minimum Gasteiger partial charge on any atom is -0.379 e. The number of halogens is 4. The second kappa shape index (κ2) is 7.13. The quantitative estimate of drug-likeness (QED) is 0.569. The molecule has 166 valence electrons. The van der Waals surface area contributed by atoms with Crippen LogP contribution in [0.5, 0.6) is 0 Å². The Morgan fingerprint density at radius 2 is 1.91 bits per heavy atom. The number of anilines is 1. The molecule has 1 saturated heterocycles. The average Bonchev–Trinajstić information content (AvgIpc) is 3.30. The molecule has 5 rings (SSSR count). The van der Waals surface area contributed by atoms with Crippen LogP contribution in [0.1, 0.15) is 39.0 Å². The number of fused-ring (bicyclic) bond motifs is 1. The van der Waals surface area contributed by atoms with Crippen LogP contribution >= 0.6 is 0 Å². The molecule has 3 aromatic rings. The Hall–Kier alpha value is -3.27. The topological polar surface area (TPSA) is 60.2 Å². The molecule has 2 aliphatic rings. The third-order valence-corrected chi connectivity index (χ3v) is 6.18. The summed E-state index contributed by atoms with van der Waals surface area (Å²) in [5.41, 5.74) is -0.903. The molecule has 0 N–H and O–H groups in total. The molecule has 1 unspecified atom stereocenters. The Kier molecular flexibility index (Phi) is 4.59. The molecule has 6 nitrogen and oxygen atoms in total. The molecule has 3 heterocycles. The number of carbonyl (C=O) groups excluding carboxylic acids is 1. The summed E-state index contributed by atoms with van der Waals surface area (Å²) in [6, 6.07) is 10.3. The van der Waals surface area contributed by atoms with E-state index in [1.54, 1.807) is 31.3 Å². The number of aryl methyl sites for hydroxylation is 1. The fourth-order valence-corrected chi connectivity index (χ4v) is 4.34. The number of carbonyl (C=O) groups is 1. The van der Waals surface area contributed by atoms with Crippen LogP contribution in [-0.2, 0) is 29.9 Å². The molecule has 32 heavy (non-hydrogen) atoms. The lowest BCUT2D eigenvalue weighted by Crippen LogP contribution is -2.50. The Morgan fingerprint density at radius 3 is 2.53 bits per heavy atom. The summed E-state index contributed by atoms with van der Waals surface area (Å²) in [5.74, 6) is -0.370. The summed E-state index contributed by atoms with van der Waals surface area (Å²) < 4.78 is 62.7. The Morgan fingerprint density at radius 1 is 1.16 bits per heavy atom. The number of hydrogen-bond donors (Lipinski definition) is 0. The predicted octanol–water partition coefficient (Wildman–Crippen LogP) is 3.97. The van der Waals surface area contributed by atoms with Gasteiger partial charge in [0.15, 0.2) is 12.0 Å². The highest BCUT2D eigenvalue weighted by Gasteiger charge is 2.51. The van der Waals surface area contributed by atoms with Gasteiger partial charge in [0.1, 0.15) is 6.33 Å². The van der Waals surface area contributed by atoms with Gasteiger partial charge in [0.2, 0.25) is 0 Å². The molecule has 2 aliphatic heterocycles. The highest BCUT2D eigenvalue weighted by Crippen LogP contribution is 2.46. The molecule has 0 radical (unpaired) electrons. The van der Waals surface area contributed by atoms with Crippen LogP contribution in [-0.4, -0.2) is 33.9 Å². The van der Waals surface area contributed by atoms with Crippen LogP contribution in [0.4, 0.5) is 23.2 Å². The summed E-state index contributed by atoms with van der Waals surface area (Å²) >= 11 is 0. The van der Waals surface area contributed by atoms with Crippen LogP contribution in [0.2, 0.25) is 0 Å². The first-order valence-electron chi connectivity index (χ1n) is 9.89. The highest BCUT2D eigenvalue weighted by atomic mass is 19.4. The zero-order chi connectivity index (χ0) is 22.7. The normalized spacial score (nSPS) is 18.4. The van der Waals surface area contributed by atoms with Crippen LogP contribution in [0.25, 0.3) is 0 Å². The van der Waals surface area contributed by atoms with Crippen molar-refractivity contribution in [2.75, 3.05) is 18.1 Å². The van der Waals surface area contributed by atoms with E-state index in [-0.39, 0.29) is 36.7 Å². The summed E-state index contributed by atoms with van der Waals surface area (Å²) in [7, 11) is 1.64. The molecule has 1 atom stereocenters. The molecular formula is C22H18F4N4O2. The molecule has 0 aliphatic carbocycles. The van der Waals surface area contributed by atoms with Gasteiger partial charge in [-0.1, -0.05) is 18.2 Å². The van der Waals surface area contributed by atoms with Gasteiger partial charge < -0.3 is 14.2 Å². The summed E-state index contributed by atoms with van der Waals surface area (Å²) in [6.07, 6.45) is -4.67. The van der Waals surface area contributed by atoms with Gasteiger partial charge in [-0.15, -0.1) is 10.2 Å². The summed E-state index contributed by atoms with van der Waals surface area (Å²) in [4.78, 5) is 14.2. The van der Waals surface area contributed by atoms with Gasteiger partial charge in [-0.2, -0.15) is 13.2 Å². The van der Waals surface area contributed by atoms with Crippen molar-refractivity contribution in [3.8, 4) is 0 Å². The van der Waals surface area contributed by atoms with Crippen LogP contribution in [0.15, 0.2) is 48.8 Å². The van der Waals surface area contributed by atoms with E-state index in [9.17, 15) is 18.0 Å². The number of benzene rings is 2.